The molecule has 0 aliphatic rings. The maximum atomic E-state index is 13.3. The first kappa shape index (κ1) is 113. The molecule has 632 valence electrons. The second kappa shape index (κ2) is 88.2. The van der Waals surface area contributed by atoms with Gasteiger partial charge in [-0.2, -0.15) is 0 Å². The third-order valence-electron chi connectivity index (χ3n) is 21.2. The molecule has 0 aliphatic heterocycles. The standard InChI is InChI=1S/C87H176N4O13P2.2Na/c1-7-13-19-25-29-33-37-41-44-48-54-60-66-82(64-58-52-24-18-12-6)70-74-100-78-84(91-86(93)68-62-56-50-46-42-38-34-30-26-20-14-8-2)80-104-106(97,98)102-76-72-89-87(94)88-71-75-101-105(95,96)103-79-83(90-85(92)67-61-55-49-45-40-36-32-28-22-16-10-4)77-99-73-69-81(63-57-51-23-17-11-5)65-59-53-47-43-39-35-31-27-21-15-9-3;;/h81-84H,7-80H2,1-6H3,(H,90,92)(H,91,93)(H,95,96)(H,97,98)(H2,88,89,94);;/q;2*+1/p-2. The number of carbonyl (C=O) groups is 3. The van der Waals surface area contributed by atoms with E-state index >= 15 is 0 Å². The van der Waals surface area contributed by atoms with Crippen LogP contribution in [0.2, 0.25) is 0 Å². The number of carbonyl (C=O) groups excluding carboxylic acids is 3. The molecule has 17 nitrogen and oxygen atoms in total. The minimum atomic E-state index is -4.88. The van der Waals surface area contributed by atoms with Gasteiger partial charge in [-0.15, -0.1) is 0 Å². The van der Waals surface area contributed by atoms with Crippen molar-refractivity contribution in [2.75, 3.05) is 65.9 Å². The number of ether oxygens (including phenoxy) is 2. The number of amides is 4. The number of urea groups is 1. The normalized spacial score (nSPS) is 13.8. The fourth-order valence-electron chi connectivity index (χ4n) is 14.3. The van der Waals surface area contributed by atoms with Crippen LogP contribution in [-0.2, 0) is 46.3 Å². The maximum Gasteiger partial charge on any atom is 1.00 e. The number of phosphoric ester groups is 2. The quantitative estimate of drug-likeness (QED) is 0.0252. The summed E-state index contributed by atoms with van der Waals surface area (Å²) in [7, 11) is -9.76. The summed E-state index contributed by atoms with van der Waals surface area (Å²) in [5.74, 6) is 0.764. The van der Waals surface area contributed by atoms with Crippen molar-refractivity contribution in [3.05, 3.63) is 0 Å². The molecule has 0 aromatic heterocycles. The molecule has 108 heavy (non-hydrogen) atoms. The van der Waals surface area contributed by atoms with Crippen molar-refractivity contribution in [2.45, 2.75) is 465 Å². The van der Waals surface area contributed by atoms with Crippen LogP contribution in [0.25, 0.3) is 0 Å². The molecule has 6 atom stereocenters. The predicted molar refractivity (Wildman–Crippen MR) is 442 cm³/mol. The first-order valence-electron chi connectivity index (χ1n) is 45.7. The maximum absolute atomic E-state index is 13.3. The average Bonchev–Trinajstić information content (AvgIpc) is 0.917. The fraction of sp³-hybridized carbons (Fsp3) is 0.966. The molecule has 0 heterocycles. The largest absolute Gasteiger partial charge is 1.00 e. The van der Waals surface area contributed by atoms with E-state index in [4.69, 9.17) is 27.6 Å². The average molecular weight is 1590 g/mol. The van der Waals surface area contributed by atoms with Crippen LogP contribution in [0.4, 0.5) is 4.79 Å². The number of hydrogen-bond acceptors (Lipinski definition) is 13. The van der Waals surface area contributed by atoms with E-state index in [1.165, 1.54) is 334 Å². The van der Waals surface area contributed by atoms with E-state index in [0.29, 0.717) is 37.9 Å². The number of phosphoric acid groups is 2. The molecule has 0 rings (SSSR count). The van der Waals surface area contributed by atoms with Crippen LogP contribution in [0.5, 0.6) is 0 Å². The van der Waals surface area contributed by atoms with Gasteiger partial charge < -0.3 is 58.6 Å². The van der Waals surface area contributed by atoms with Gasteiger partial charge in [0.25, 0.3) is 15.6 Å². The first-order valence-corrected chi connectivity index (χ1v) is 48.6. The van der Waals surface area contributed by atoms with Gasteiger partial charge in [-0.3, -0.25) is 18.7 Å². The molecule has 0 aliphatic carbocycles. The zero-order valence-electron chi connectivity index (χ0n) is 72.3. The summed E-state index contributed by atoms with van der Waals surface area (Å²) in [6.07, 6.45) is 77.3. The number of unbranched alkanes of at least 4 members (excludes halogenated alkanes) is 50. The molecule has 0 saturated heterocycles. The van der Waals surface area contributed by atoms with Crippen molar-refractivity contribution in [1.82, 2.24) is 21.3 Å². The topological polar surface area (TPSA) is 235 Å². The van der Waals surface area contributed by atoms with E-state index in [2.05, 4.69) is 62.8 Å². The van der Waals surface area contributed by atoms with Crippen LogP contribution >= 0.6 is 15.6 Å². The second-order valence-electron chi connectivity index (χ2n) is 31.7. The SMILES string of the molecule is CCCCCCCCCCCCCCC(=O)NC(COCCC(CCCCCCC)CCCCCCCCCCCCCC)COP(=O)([O-])OCCNC(=O)NCCOP(=O)([O-])OCC(COCCC(CCCCCCC)CCCCCCCCCCCCC)NC(=O)CCCCCCCCCCCCC.[Na+].[Na+]. The van der Waals surface area contributed by atoms with Gasteiger partial charge >= 0.3 is 65.1 Å². The van der Waals surface area contributed by atoms with E-state index in [1.54, 1.807) is 0 Å². The fourth-order valence-corrected chi connectivity index (χ4v) is 15.8. The molecule has 0 aromatic rings. The second-order valence-corrected chi connectivity index (χ2v) is 34.5. The van der Waals surface area contributed by atoms with Crippen molar-refractivity contribution in [3.63, 3.8) is 0 Å². The Morgan fingerprint density at radius 2 is 0.491 bits per heavy atom. The monoisotopic (exact) mass is 1590 g/mol. The van der Waals surface area contributed by atoms with Crippen molar-refractivity contribution in [3.8, 4) is 0 Å². The Balaban J connectivity index is -0.0000551. The van der Waals surface area contributed by atoms with Crippen LogP contribution in [0, 0.1) is 11.8 Å². The Labute approximate surface area is 711 Å². The van der Waals surface area contributed by atoms with Gasteiger partial charge in [0.05, 0.1) is 51.7 Å². The van der Waals surface area contributed by atoms with E-state index < -0.39 is 47.0 Å². The number of hydrogen-bond donors (Lipinski definition) is 4. The summed E-state index contributed by atoms with van der Waals surface area (Å²) in [6.45, 7) is 12.7. The zero-order chi connectivity index (χ0) is 77.4. The molecule has 0 spiro atoms. The van der Waals surface area contributed by atoms with Crippen LogP contribution in [0.3, 0.4) is 0 Å². The summed E-state index contributed by atoms with van der Waals surface area (Å²) >= 11 is 0. The molecule has 0 bridgehead atoms. The minimum absolute atomic E-state index is 0. The van der Waals surface area contributed by atoms with Gasteiger partial charge in [-0.1, -0.05) is 414 Å². The summed E-state index contributed by atoms with van der Waals surface area (Å²) in [4.78, 5) is 65.5. The number of rotatable bonds is 88. The molecule has 4 N–H and O–H groups in total. The zero-order valence-corrected chi connectivity index (χ0v) is 78.1. The molecule has 0 radical (unpaired) electrons. The molecule has 0 aromatic carbocycles. The Morgan fingerprint density at radius 1 is 0.278 bits per heavy atom. The van der Waals surface area contributed by atoms with Crippen LogP contribution in [0.15, 0.2) is 0 Å². The molecule has 0 saturated carbocycles. The van der Waals surface area contributed by atoms with E-state index in [-0.39, 0.29) is 110 Å². The first-order chi connectivity index (χ1) is 51.7. The van der Waals surface area contributed by atoms with Gasteiger partial charge in [0, 0.05) is 39.1 Å². The molecular formula is C87H174N4Na2O13P2. The Kier molecular flexibility index (Phi) is 91.8. The van der Waals surface area contributed by atoms with Crippen molar-refractivity contribution in [1.29, 1.82) is 0 Å². The van der Waals surface area contributed by atoms with E-state index in [1.807, 2.05) is 0 Å². The van der Waals surface area contributed by atoms with Gasteiger partial charge in [-0.25, -0.2) is 4.79 Å². The Morgan fingerprint density at radius 3 is 0.722 bits per heavy atom. The summed E-state index contributed by atoms with van der Waals surface area (Å²) in [5.41, 5.74) is 0. The summed E-state index contributed by atoms with van der Waals surface area (Å²) in [6, 6.07) is -2.14. The third-order valence-corrected chi connectivity index (χ3v) is 23.2. The Bertz CT molecular complexity index is 1980. The van der Waals surface area contributed by atoms with Gasteiger partial charge in [-0.05, 0) is 37.5 Å². The van der Waals surface area contributed by atoms with E-state index in [9.17, 15) is 33.3 Å². The molecule has 4 amide bonds. The Hall–Kier alpha value is 0.350. The third kappa shape index (κ3) is 84.3. The smallest absolute Gasteiger partial charge is 0.756 e. The van der Waals surface area contributed by atoms with Crippen LogP contribution in [-0.4, -0.2) is 95.9 Å². The predicted octanol–water partition coefficient (Wildman–Crippen LogP) is 18.6. The van der Waals surface area contributed by atoms with Crippen LogP contribution in [0.1, 0.15) is 452 Å². The molecular weight excluding hydrogens is 1420 g/mol. The molecule has 6 unspecified atom stereocenters. The van der Waals surface area contributed by atoms with Crippen molar-refractivity contribution in [2.24, 2.45) is 11.8 Å². The minimum Gasteiger partial charge on any atom is -0.756 e. The van der Waals surface area contributed by atoms with Gasteiger partial charge in [0.2, 0.25) is 11.8 Å². The summed E-state index contributed by atoms with van der Waals surface area (Å²) < 4.78 is 59.6. The van der Waals surface area contributed by atoms with Crippen molar-refractivity contribution >= 4 is 33.5 Å². The van der Waals surface area contributed by atoms with Crippen molar-refractivity contribution < 1.29 is 120 Å². The van der Waals surface area contributed by atoms with E-state index in [0.717, 1.165) is 64.2 Å². The summed E-state index contributed by atoms with van der Waals surface area (Å²) in [5, 5.41) is 11.0. The molecule has 21 heteroatoms. The van der Waals surface area contributed by atoms with Gasteiger partial charge in [0.1, 0.15) is 0 Å². The molecule has 0 fully saturated rings. The van der Waals surface area contributed by atoms with Crippen LogP contribution < -0.4 is 90.2 Å². The number of nitrogens with one attached hydrogen (secondary N) is 4. The van der Waals surface area contributed by atoms with Gasteiger partial charge in [0.15, 0.2) is 0 Å².